The number of amides is 1. The smallest absolute Gasteiger partial charge is 0.245 e. The number of aryl methyl sites for hydroxylation is 2. The summed E-state index contributed by atoms with van der Waals surface area (Å²) >= 11 is 5.90. The minimum Gasteiger partial charge on any atom is -0.344 e. The lowest BCUT2D eigenvalue weighted by Crippen LogP contribution is -2.25. The second-order valence-corrected chi connectivity index (χ2v) is 5.72. The third-order valence-electron chi connectivity index (χ3n) is 4.02. The molecule has 0 radical (unpaired) electrons. The maximum atomic E-state index is 12.3. The number of imidazole rings is 1. The van der Waals surface area contributed by atoms with Gasteiger partial charge in [0, 0.05) is 25.9 Å². The molecule has 3 rings (SSSR count). The molecule has 0 aliphatic carbocycles. The Labute approximate surface area is 123 Å². The minimum absolute atomic E-state index is 0.134. The zero-order valence-corrected chi connectivity index (χ0v) is 12.5. The predicted octanol–water partition coefficient (Wildman–Crippen LogP) is 2.53. The fourth-order valence-corrected chi connectivity index (χ4v) is 3.13. The molecule has 0 N–H and O–H groups in total. The molecule has 106 valence electrons. The number of likely N-dealkylation sites (tertiary alicyclic amines) is 1. The fraction of sp³-hybridized carbons (Fsp3) is 0.467. The number of hydrogen-bond donors (Lipinski definition) is 0. The van der Waals surface area contributed by atoms with Crippen LogP contribution in [0.25, 0.3) is 11.0 Å². The minimum atomic E-state index is -0.134. The van der Waals surface area contributed by atoms with Gasteiger partial charge in [0.05, 0.1) is 11.0 Å². The van der Waals surface area contributed by atoms with Gasteiger partial charge >= 0.3 is 0 Å². The first kappa shape index (κ1) is 13.4. The quantitative estimate of drug-likeness (QED) is 0.815. The van der Waals surface area contributed by atoms with E-state index in [0.717, 1.165) is 35.4 Å². The zero-order valence-electron chi connectivity index (χ0n) is 11.8. The highest BCUT2D eigenvalue weighted by molar-refractivity contribution is 6.17. The van der Waals surface area contributed by atoms with E-state index in [4.69, 9.17) is 16.6 Å². The molecule has 1 aromatic carbocycles. The summed E-state index contributed by atoms with van der Waals surface area (Å²) in [5, 5.41) is 0. The van der Waals surface area contributed by atoms with Gasteiger partial charge in [0.2, 0.25) is 5.91 Å². The number of hydrogen-bond acceptors (Lipinski definition) is 2. The van der Waals surface area contributed by atoms with Crippen molar-refractivity contribution < 1.29 is 4.79 Å². The molecular weight excluding hydrogens is 274 g/mol. The number of carbonyl (C=O) groups excluding carboxylic acids is 1. The number of fused-ring (bicyclic) bond motifs is 1. The van der Waals surface area contributed by atoms with Crippen LogP contribution in [0, 0.1) is 6.92 Å². The van der Waals surface area contributed by atoms with Crippen LogP contribution in [0.1, 0.15) is 23.9 Å². The van der Waals surface area contributed by atoms with E-state index < -0.39 is 0 Å². The molecule has 2 heterocycles. The van der Waals surface area contributed by atoms with Crippen molar-refractivity contribution in [2.24, 2.45) is 0 Å². The lowest BCUT2D eigenvalue weighted by molar-refractivity contribution is -0.129. The third-order valence-corrected chi connectivity index (χ3v) is 4.21. The molecule has 0 bridgehead atoms. The fourth-order valence-electron chi connectivity index (χ4n) is 2.96. The number of rotatable bonds is 3. The highest BCUT2D eigenvalue weighted by atomic mass is 35.5. The molecule has 1 atom stereocenters. The lowest BCUT2D eigenvalue weighted by atomic mass is 10.2. The zero-order chi connectivity index (χ0) is 14.3. The van der Waals surface area contributed by atoms with Gasteiger partial charge < -0.3 is 9.47 Å². The van der Waals surface area contributed by atoms with E-state index in [1.165, 1.54) is 0 Å². The standard InChI is InChI=1S/C15H18ClN3O/c1-10-4-3-5-11-14(10)17-13(6-8-16)19(11)12-7-9-18(2)15(12)20/h3-5,12H,6-9H2,1-2H3. The van der Waals surface area contributed by atoms with E-state index in [9.17, 15) is 4.79 Å². The predicted molar refractivity (Wildman–Crippen MR) is 80.2 cm³/mol. The molecule has 1 aliphatic rings. The molecule has 1 aromatic heterocycles. The highest BCUT2D eigenvalue weighted by Crippen LogP contribution is 2.30. The first-order valence-corrected chi connectivity index (χ1v) is 7.44. The molecular formula is C15H18ClN3O. The Kier molecular flexibility index (Phi) is 3.42. The van der Waals surface area contributed by atoms with Gasteiger partial charge in [-0.1, -0.05) is 12.1 Å². The molecule has 1 fully saturated rings. The highest BCUT2D eigenvalue weighted by Gasteiger charge is 2.33. The van der Waals surface area contributed by atoms with Crippen molar-refractivity contribution in [3.05, 3.63) is 29.6 Å². The van der Waals surface area contributed by atoms with Crippen molar-refractivity contribution in [3.63, 3.8) is 0 Å². The van der Waals surface area contributed by atoms with Gasteiger partial charge in [0.15, 0.2) is 0 Å². The second kappa shape index (κ2) is 5.09. The topological polar surface area (TPSA) is 38.1 Å². The van der Waals surface area contributed by atoms with Gasteiger partial charge in [-0.15, -0.1) is 11.6 Å². The molecule has 0 spiro atoms. The van der Waals surface area contributed by atoms with Crippen LogP contribution in [0.15, 0.2) is 18.2 Å². The molecule has 5 heteroatoms. The van der Waals surface area contributed by atoms with Gasteiger partial charge in [-0.2, -0.15) is 0 Å². The number of para-hydroxylation sites is 1. The van der Waals surface area contributed by atoms with Crippen LogP contribution in [-0.4, -0.2) is 39.8 Å². The molecule has 0 saturated carbocycles. The van der Waals surface area contributed by atoms with Gasteiger partial charge in [0.1, 0.15) is 11.9 Å². The van der Waals surface area contributed by atoms with Crippen molar-refractivity contribution in [3.8, 4) is 0 Å². The van der Waals surface area contributed by atoms with E-state index in [2.05, 4.69) is 4.57 Å². The Bertz CT molecular complexity index is 664. The van der Waals surface area contributed by atoms with Crippen LogP contribution in [0.5, 0.6) is 0 Å². The summed E-state index contributed by atoms with van der Waals surface area (Å²) < 4.78 is 2.09. The van der Waals surface area contributed by atoms with Crippen LogP contribution < -0.4 is 0 Å². The molecule has 20 heavy (non-hydrogen) atoms. The van der Waals surface area contributed by atoms with Gasteiger partial charge in [0.25, 0.3) is 0 Å². The summed E-state index contributed by atoms with van der Waals surface area (Å²) in [5.41, 5.74) is 3.16. The van der Waals surface area contributed by atoms with Crippen molar-refractivity contribution in [2.45, 2.75) is 25.8 Å². The van der Waals surface area contributed by atoms with Crippen LogP contribution >= 0.6 is 11.6 Å². The van der Waals surface area contributed by atoms with Crippen LogP contribution in [0.3, 0.4) is 0 Å². The maximum absolute atomic E-state index is 12.3. The van der Waals surface area contributed by atoms with Crippen LogP contribution in [0.2, 0.25) is 0 Å². The monoisotopic (exact) mass is 291 g/mol. The Morgan fingerprint density at radius 3 is 2.90 bits per heavy atom. The summed E-state index contributed by atoms with van der Waals surface area (Å²) in [5.74, 6) is 1.60. The normalized spacial score (nSPS) is 19.2. The van der Waals surface area contributed by atoms with Crippen molar-refractivity contribution >= 4 is 28.5 Å². The largest absolute Gasteiger partial charge is 0.344 e. The Morgan fingerprint density at radius 2 is 2.25 bits per heavy atom. The van der Waals surface area contributed by atoms with Gasteiger partial charge in [-0.25, -0.2) is 4.98 Å². The first-order valence-electron chi connectivity index (χ1n) is 6.91. The summed E-state index contributed by atoms with van der Waals surface area (Å²) in [4.78, 5) is 18.8. The SMILES string of the molecule is Cc1cccc2c1nc(CCCl)n2C1CCN(C)C1=O. The Hall–Kier alpha value is -1.55. The molecule has 1 unspecified atom stereocenters. The molecule has 1 amide bonds. The summed E-state index contributed by atoms with van der Waals surface area (Å²) in [6, 6.07) is 5.97. The number of alkyl halides is 1. The molecule has 2 aromatic rings. The first-order chi connectivity index (χ1) is 9.63. The average molecular weight is 292 g/mol. The number of likely N-dealkylation sites (N-methyl/N-ethyl adjacent to an activating group) is 1. The number of carbonyl (C=O) groups is 1. The number of aromatic nitrogens is 2. The lowest BCUT2D eigenvalue weighted by Gasteiger charge is -2.15. The molecule has 1 saturated heterocycles. The van der Waals surface area contributed by atoms with Crippen LogP contribution in [0.4, 0.5) is 0 Å². The third kappa shape index (κ3) is 1.99. The molecule has 1 aliphatic heterocycles. The Balaban J connectivity index is 2.19. The van der Waals surface area contributed by atoms with Gasteiger partial charge in [-0.05, 0) is 25.0 Å². The van der Waals surface area contributed by atoms with E-state index in [1.54, 1.807) is 4.90 Å². The van der Waals surface area contributed by atoms with E-state index in [0.29, 0.717) is 12.3 Å². The summed E-state index contributed by atoms with van der Waals surface area (Å²) in [6.07, 6.45) is 1.52. The average Bonchev–Trinajstić information content (AvgIpc) is 2.94. The Morgan fingerprint density at radius 1 is 1.45 bits per heavy atom. The van der Waals surface area contributed by atoms with Crippen molar-refractivity contribution in [2.75, 3.05) is 19.5 Å². The van der Waals surface area contributed by atoms with E-state index in [1.807, 2.05) is 32.2 Å². The van der Waals surface area contributed by atoms with Crippen molar-refractivity contribution in [1.82, 2.24) is 14.5 Å². The maximum Gasteiger partial charge on any atom is 0.245 e. The van der Waals surface area contributed by atoms with E-state index in [-0.39, 0.29) is 11.9 Å². The van der Waals surface area contributed by atoms with Gasteiger partial charge in [-0.3, -0.25) is 4.79 Å². The van der Waals surface area contributed by atoms with Crippen LogP contribution in [-0.2, 0) is 11.2 Å². The number of nitrogens with zero attached hydrogens (tertiary/aromatic N) is 3. The summed E-state index contributed by atoms with van der Waals surface area (Å²) in [6.45, 7) is 2.85. The second-order valence-electron chi connectivity index (χ2n) is 5.34. The number of benzene rings is 1. The molecule has 4 nitrogen and oxygen atoms in total. The number of halogens is 1. The van der Waals surface area contributed by atoms with Crippen molar-refractivity contribution in [1.29, 1.82) is 0 Å². The van der Waals surface area contributed by atoms with E-state index >= 15 is 0 Å². The summed E-state index contributed by atoms with van der Waals surface area (Å²) in [7, 11) is 1.86.